The predicted octanol–water partition coefficient (Wildman–Crippen LogP) is 3.61. The second-order valence-electron chi connectivity index (χ2n) is 4.43. The number of halogens is 2. The molecule has 0 bridgehead atoms. The second-order valence-corrected chi connectivity index (χ2v) is 5.29. The summed E-state index contributed by atoms with van der Waals surface area (Å²) in [6, 6.07) is 9.82. The van der Waals surface area contributed by atoms with E-state index in [-0.39, 0.29) is 5.82 Å². The van der Waals surface area contributed by atoms with Crippen molar-refractivity contribution in [3.05, 3.63) is 63.4 Å². The van der Waals surface area contributed by atoms with Crippen molar-refractivity contribution in [3.63, 3.8) is 0 Å². The number of benzene rings is 2. The zero-order valence-electron chi connectivity index (χ0n) is 10.9. The van der Waals surface area contributed by atoms with Gasteiger partial charge in [-0.3, -0.25) is 4.79 Å². The highest BCUT2D eigenvalue weighted by Crippen LogP contribution is 2.22. The lowest BCUT2D eigenvalue weighted by molar-refractivity contribution is 0.1000. The monoisotopic (exact) mass is 336 g/mol. The Bertz CT molecular complexity index is 658. The maximum Gasteiger partial charge on any atom is 0.249 e. The lowest BCUT2D eigenvalue weighted by Gasteiger charge is -2.12. The predicted molar refractivity (Wildman–Crippen MR) is 81.1 cm³/mol. The lowest BCUT2D eigenvalue weighted by atomic mass is 10.1. The van der Waals surface area contributed by atoms with Crippen LogP contribution in [0.25, 0.3) is 0 Å². The van der Waals surface area contributed by atoms with Crippen LogP contribution in [0.1, 0.15) is 21.5 Å². The van der Waals surface area contributed by atoms with Gasteiger partial charge in [-0.2, -0.15) is 0 Å². The van der Waals surface area contributed by atoms with Gasteiger partial charge >= 0.3 is 0 Å². The molecule has 0 radical (unpaired) electrons. The van der Waals surface area contributed by atoms with Gasteiger partial charge in [0.25, 0.3) is 0 Å². The molecule has 3 nitrogen and oxygen atoms in total. The fourth-order valence-corrected chi connectivity index (χ4v) is 2.35. The number of carbonyl (C=O) groups excluding carboxylic acids is 1. The number of nitrogens with one attached hydrogen (secondary N) is 1. The lowest BCUT2D eigenvalue weighted by Crippen LogP contribution is -2.14. The maximum absolute atomic E-state index is 13.2. The zero-order valence-corrected chi connectivity index (χ0v) is 12.5. The van der Waals surface area contributed by atoms with Crippen LogP contribution in [0.2, 0.25) is 0 Å². The van der Waals surface area contributed by atoms with Crippen LogP contribution in [-0.2, 0) is 6.54 Å². The van der Waals surface area contributed by atoms with Crippen molar-refractivity contribution in [3.8, 4) is 0 Å². The smallest absolute Gasteiger partial charge is 0.249 e. The van der Waals surface area contributed by atoms with Crippen LogP contribution in [0.5, 0.6) is 0 Å². The van der Waals surface area contributed by atoms with Crippen LogP contribution in [0.3, 0.4) is 0 Å². The number of anilines is 1. The summed E-state index contributed by atoms with van der Waals surface area (Å²) in [5.74, 6) is -0.745. The molecule has 0 aliphatic carbocycles. The van der Waals surface area contributed by atoms with Crippen LogP contribution in [0.15, 0.2) is 40.9 Å². The quantitative estimate of drug-likeness (QED) is 0.896. The first-order valence-corrected chi connectivity index (χ1v) is 6.85. The molecule has 0 saturated heterocycles. The molecule has 1 amide bonds. The Morgan fingerprint density at radius 3 is 2.80 bits per heavy atom. The number of rotatable bonds is 4. The summed E-state index contributed by atoms with van der Waals surface area (Å²) >= 11 is 3.38. The van der Waals surface area contributed by atoms with Gasteiger partial charge in [-0.1, -0.05) is 22.0 Å². The molecule has 0 aromatic heterocycles. The van der Waals surface area contributed by atoms with E-state index in [0.717, 1.165) is 21.3 Å². The molecular formula is C15H14BrFN2O. The summed E-state index contributed by atoms with van der Waals surface area (Å²) in [5, 5.41) is 3.19. The summed E-state index contributed by atoms with van der Waals surface area (Å²) in [4.78, 5) is 11.3. The van der Waals surface area contributed by atoms with Gasteiger partial charge in [0.15, 0.2) is 0 Å². The van der Waals surface area contributed by atoms with Crippen molar-refractivity contribution >= 4 is 27.5 Å². The van der Waals surface area contributed by atoms with Gasteiger partial charge in [0.05, 0.1) is 0 Å². The minimum absolute atomic E-state index is 0.285. The SMILES string of the molecule is Cc1c(NCc2cc(F)ccc2Br)cccc1C(N)=O. The topological polar surface area (TPSA) is 55.1 Å². The van der Waals surface area contributed by atoms with Crippen LogP contribution >= 0.6 is 15.9 Å². The second kappa shape index (κ2) is 6.05. The van der Waals surface area contributed by atoms with Crippen molar-refractivity contribution in [2.75, 3.05) is 5.32 Å². The molecule has 0 aliphatic rings. The maximum atomic E-state index is 13.2. The fourth-order valence-electron chi connectivity index (χ4n) is 1.96. The van der Waals surface area contributed by atoms with E-state index in [9.17, 15) is 9.18 Å². The van der Waals surface area contributed by atoms with Crippen LogP contribution in [-0.4, -0.2) is 5.91 Å². The average molecular weight is 337 g/mol. The molecule has 20 heavy (non-hydrogen) atoms. The summed E-state index contributed by atoms with van der Waals surface area (Å²) in [5.41, 5.74) is 8.18. The largest absolute Gasteiger partial charge is 0.381 e. The highest BCUT2D eigenvalue weighted by Gasteiger charge is 2.09. The molecule has 0 spiro atoms. The summed E-state index contributed by atoms with van der Waals surface area (Å²) in [7, 11) is 0. The van der Waals surface area contributed by atoms with Crippen LogP contribution in [0, 0.1) is 12.7 Å². The number of nitrogens with two attached hydrogens (primary N) is 1. The standard InChI is InChI=1S/C15H14BrFN2O/c1-9-12(15(18)20)3-2-4-14(9)19-8-10-7-11(17)5-6-13(10)16/h2-7,19H,8H2,1H3,(H2,18,20). The van der Waals surface area contributed by atoms with Crippen molar-refractivity contribution in [2.45, 2.75) is 13.5 Å². The molecule has 2 rings (SSSR count). The van der Waals surface area contributed by atoms with Gasteiger partial charge < -0.3 is 11.1 Å². The van der Waals surface area contributed by atoms with E-state index in [4.69, 9.17) is 5.73 Å². The Morgan fingerprint density at radius 2 is 2.10 bits per heavy atom. The molecule has 2 aromatic rings. The Kier molecular flexibility index (Phi) is 4.39. The van der Waals surface area contributed by atoms with Crippen LogP contribution in [0.4, 0.5) is 10.1 Å². The first kappa shape index (κ1) is 14.5. The third-order valence-electron chi connectivity index (χ3n) is 3.08. The number of amides is 1. The summed E-state index contributed by atoms with van der Waals surface area (Å²) in [6.45, 7) is 2.27. The Hall–Kier alpha value is -1.88. The zero-order chi connectivity index (χ0) is 14.7. The van der Waals surface area contributed by atoms with E-state index < -0.39 is 5.91 Å². The minimum atomic E-state index is -0.460. The van der Waals surface area contributed by atoms with Gasteiger partial charge in [0.1, 0.15) is 5.82 Å². The first-order chi connectivity index (χ1) is 9.49. The van der Waals surface area contributed by atoms with Gasteiger partial charge in [-0.25, -0.2) is 4.39 Å². The van der Waals surface area contributed by atoms with E-state index in [1.165, 1.54) is 12.1 Å². The van der Waals surface area contributed by atoms with E-state index in [1.807, 2.05) is 13.0 Å². The van der Waals surface area contributed by atoms with Crippen LogP contribution < -0.4 is 11.1 Å². The highest BCUT2D eigenvalue weighted by atomic mass is 79.9. The number of primary amides is 1. The third-order valence-corrected chi connectivity index (χ3v) is 3.85. The molecular weight excluding hydrogens is 323 g/mol. The van der Waals surface area contributed by atoms with Crippen molar-refractivity contribution in [1.29, 1.82) is 0 Å². The Morgan fingerprint density at radius 1 is 1.35 bits per heavy atom. The molecule has 3 N–H and O–H groups in total. The van der Waals surface area contributed by atoms with Gasteiger partial charge in [0, 0.05) is 22.3 Å². The van der Waals surface area contributed by atoms with E-state index in [2.05, 4.69) is 21.2 Å². The molecule has 2 aromatic carbocycles. The molecule has 104 valence electrons. The summed E-state index contributed by atoms with van der Waals surface area (Å²) in [6.07, 6.45) is 0. The molecule has 0 unspecified atom stereocenters. The third kappa shape index (κ3) is 3.17. The highest BCUT2D eigenvalue weighted by molar-refractivity contribution is 9.10. The van der Waals surface area contributed by atoms with E-state index >= 15 is 0 Å². The molecule has 5 heteroatoms. The number of hydrogen-bond donors (Lipinski definition) is 2. The van der Waals surface area contributed by atoms with Gasteiger partial charge in [-0.05, 0) is 48.4 Å². The molecule has 0 saturated carbocycles. The van der Waals surface area contributed by atoms with E-state index in [1.54, 1.807) is 18.2 Å². The fraction of sp³-hybridized carbons (Fsp3) is 0.133. The molecule has 0 aliphatic heterocycles. The summed E-state index contributed by atoms with van der Waals surface area (Å²) < 4.78 is 14.0. The van der Waals surface area contributed by atoms with Crippen molar-refractivity contribution < 1.29 is 9.18 Å². The van der Waals surface area contributed by atoms with Crippen molar-refractivity contribution in [1.82, 2.24) is 0 Å². The van der Waals surface area contributed by atoms with Gasteiger partial charge in [-0.15, -0.1) is 0 Å². The van der Waals surface area contributed by atoms with Gasteiger partial charge in [0.2, 0.25) is 5.91 Å². The normalized spacial score (nSPS) is 10.3. The average Bonchev–Trinajstić information content (AvgIpc) is 2.41. The van der Waals surface area contributed by atoms with Crippen molar-refractivity contribution in [2.24, 2.45) is 5.73 Å². The molecule has 0 heterocycles. The Balaban J connectivity index is 2.21. The molecule has 0 atom stereocenters. The number of carbonyl (C=O) groups is 1. The van der Waals surface area contributed by atoms with E-state index in [0.29, 0.717) is 12.1 Å². The molecule has 0 fully saturated rings. The number of hydrogen-bond acceptors (Lipinski definition) is 2. The Labute approximate surface area is 125 Å². The minimum Gasteiger partial charge on any atom is -0.381 e. The first-order valence-electron chi connectivity index (χ1n) is 6.06.